The van der Waals surface area contributed by atoms with Crippen LogP contribution in [0.1, 0.15) is 66.4 Å². The zero-order chi connectivity index (χ0) is 23.5. The van der Waals surface area contributed by atoms with E-state index in [-0.39, 0.29) is 11.9 Å². The first-order valence-corrected chi connectivity index (χ1v) is 13.5. The largest absolute Gasteiger partial charge is 0.470 e. The second-order valence-corrected chi connectivity index (χ2v) is 10.8. The molecule has 3 heterocycles. The first-order valence-electron chi connectivity index (χ1n) is 12.7. The molecule has 1 aliphatic heterocycles. The van der Waals surface area contributed by atoms with Gasteiger partial charge in [0.25, 0.3) is 11.1 Å². The number of nitrogens with one attached hydrogen (secondary N) is 1. The molecule has 2 aromatic heterocycles. The zero-order valence-corrected chi connectivity index (χ0v) is 21.1. The van der Waals surface area contributed by atoms with Crippen LogP contribution in [-0.4, -0.2) is 51.3 Å². The van der Waals surface area contributed by atoms with E-state index in [0.29, 0.717) is 0 Å². The van der Waals surface area contributed by atoms with Gasteiger partial charge in [-0.2, -0.15) is 5.10 Å². The quantitative estimate of drug-likeness (QED) is 0.511. The van der Waals surface area contributed by atoms with E-state index in [2.05, 4.69) is 22.2 Å². The number of ether oxygens (including phenoxy) is 1. The number of amides is 1. The molecule has 5 rings (SSSR count). The van der Waals surface area contributed by atoms with E-state index in [1.54, 1.807) is 16.0 Å². The summed E-state index contributed by atoms with van der Waals surface area (Å²) in [5.41, 5.74) is 2.81. The number of benzene rings is 1. The first-order chi connectivity index (χ1) is 16.6. The van der Waals surface area contributed by atoms with Gasteiger partial charge in [-0.15, -0.1) is 0 Å². The highest BCUT2D eigenvalue weighted by Gasteiger charge is 2.26. The highest BCUT2D eigenvalue weighted by molar-refractivity contribution is 7.13. The smallest absolute Gasteiger partial charge is 0.273 e. The third kappa shape index (κ3) is 5.28. The van der Waals surface area contributed by atoms with Crippen molar-refractivity contribution in [1.82, 2.24) is 25.0 Å². The van der Waals surface area contributed by atoms with Crippen LogP contribution in [0.2, 0.25) is 0 Å². The highest BCUT2D eigenvalue weighted by atomic mass is 32.1. The molecule has 1 N–H and O–H groups in total. The minimum atomic E-state index is 0.0247. The molecule has 3 aromatic rings. The maximum absolute atomic E-state index is 12.9. The lowest BCUT2D eigenvalue weighted by molar-refractivity contribution is 0.0921. The van der Waals surface area contributed by atoms with Crippen LogP contribution < -0.4 is 10.1 Å². The summed E-state index contributed by atoms with van der Waals surface area (Å²) in [5.74, 6) is 0.770. The van der Waals surface area contributed by atoms with Crippen LogP contribution in [-0.2, 0) is 20.0 Å². The predicted octanol–water partition coefficient (Wildman–Crippen LogP) is 4.56. The molecule has 7 nitrogen and oxygen atoms in total. The molecule has 182 valence electrons. The highest BCUT2D eigenvalue weighted by Crippen LogP contribution is 2.31. The Morgan fingerprint density at radius 2 is 2.12 bits per heavy atom. The Hall–Kier alpha value is -2.45. The number of hydrogen-bond acceptors (Lipinski definition) is 6. The lowest BCUT2D eigenvalue weighted by atomic mass is 9.84. The fourth-order valence-corrected chi connectivity index (χ4v) is 6.18. The molecule has 8 heteroatoms. The van der Waals surface area contributed by atoms with Gasteiger partial charge in [0.15, 0.2) is 0 Å². The van der Waals surface area contributed by atoms with Gasteiger partial charge < -0.3 is 10.1 Å². The SMILES string of the molecule is CCCOc1nc2c(s1)CCN(CC[C@H]1CC[C@H](NC(=O)c3cccc4nn(C)cc34)CC1)C2. The summed E-state index contributed by atoms with van der Waals surface area (Å²) in [6.07, 6.45) is 9.76. The Morgan fingerprint density at radius 1 is 1.26 bits per heavy atom. The second-order valence-electron chi connectivity index (χ2n) is 9.75. The van der Waals surface area contributed by atoms with Crippen molar-refractivity contribution in [3.8, 4) is 5.19 Å². The fourth-order valence-electron chi connectivity index (χ4n) is 5.25. The maximum atomic E-state index is 12.9. The molecule has 1 fully saturated rings. The van der Waals surface area contributed by atoms with Gasteiger partial charge in [-0.1, -0.05) is 24.3 Å². The summed E-state index contributed by atoms with van der Waals surface area (Å²) >= 11 is 1.73. The topological polar surface area (TPSA) is 72.3 Å². The minimum absolute atomic E-state index is 0.0247. The van der Waals surface area contributed by atoms with Crippen molar-refractivity contribution < 1.29 is 9.53 Å². The molecule has 0 spiro atoms. The van der Waals surface area contributed by atoms with Gasteiger partial charge in [-0.3, -0.25) is 14.4 Å². The Balaban J connectivity index is 1.07. The van der Waals surface area contributed by atoms with Crippen LogP contribution >= 0.6 is 11.3 Å². The minimum Gasteiger partial charge on any atom is -0.470 e. The molecule has 0 bridgehead atoms. The third-order valence-electron chi connectivity index (χ3n) is 7.16. The summed E-state index contributed by atoms with van der Waals surface area (Å²) in [6, 6.07) is 6.03. The van der Waals surface area contributed by atoms with Gasteiger partial charge in [-0.05, 0) is 69.5 Å². The van der Waals surface area contributed by atoms with Crippen LogP contribution in [0.25, 0.3) is 10.9 Å². The first kappa shape index (κ1) is 23.3. The molecule has 1 amide bonds. The van der Waals surface area contributed by atoms with Crippen molar-refractivity contribution in [3.63, 3.8) is 0 Å². The average Bonchev–Trinajstić information content (AvgIpc) is 3.43. The number of aryl methyl sites for hydroxylation is 1. The molecule has 0 saturated heterocycles. The van der Waals surface area contributed by atoms with Gasteiger partial charge in [0.2, 0.25) is 0 Å². The summed E-state index contributed by atoms with van der Waals surface area (Å²) < 4.78 is 7.51. The fraction of sp³-hybridized carbons (Fsp3) is 0.577. The van der Waals surface area contributed by atoms with Crippen molar-refractivity contribution in [1.29, 1.82) is 0 Å². The van der Waals surface area contributed by atoms with E-state index >= 15 is 0 Å². The monoisotopic (exact) mass is 481 g/mol. The molecule has 0 atom stereocenters. The molecular weight excluding hydrogens is 446 g/mol. The van der Waals surface area contributed by atoms with Crippen molar-refractivity contribution >= 4 is 28.1 Å². The van der Waals surface area contributed by atoms with Gasteiger partial charge >= 0.3 is 0 Å². The van der Waals surface area contributed by atoms with E-state index in [1.165, 1.54) is 29.8 Å². The van der Waals surface area contributed by atoms with Crippen LogP contribution in [0.15, 0.2) is 24.4 Å². The van der Waals surface area contributed by atoms with Crippen molar-refractivity contribution in [2.45, 2.75) is 64.5 Å². The normalized spacial score (nSPS) is 20.9. The Kier molecular flexibility index (Phi) is 7.15. The maximum Gasteiger partial charge on any atom is 0.273 e. The molecule has 34 heavy (non-hydrogen) atoms. The molecule has 0 radical (unpaired) electrons. The number of hydrogen-bond donors (Lipinski definition) is 1. The van der Waals surface area contributed by atoms with Gasteiger partial charge in [0.1, 0.15) is 0 Å². The summed E-state index contributed by atoms with van der Waals surface area (Å²) in [7, 11) is 1.89. The predicted molar refractivity (Wildman–Crippen MR) is 135 cm³/mol. The van der Waals surface area contributed by atoms with Gasteiger partial charge in [-0.25, -0.2) is 4.98 Å². The summed E-state index contributed by atoms with van der Waals surface area (Å²) in [6.45, 7) is 6.07. The Morgan fingerprint density at radius 3 is 2.94 bits per heavy atom. The lowest BCUT2D eigenvalue weighted by Crippen LogP contribution is -2.38. The number of nitrogens with zero attached hydrogens (tertiary/aromatic N) is 4. The standard InChI is InChI=1S/C26H35N5O2S/c1-3-15-33-26-28-23-17-31(14-12-24(23)34-26)13-11-18-7-9-19(10-8-18)27-25(32)20-5-4-6-22-21(20)16-30(2)29-22/h4-6,16,18-19H,3,7-15,17H2,1-2H3,(H,27,32)/t18-,19-. The number of aromatic nitrogens is 3. The van der Waals surface area contributed by atoms with E-state index in [9.17, 15) is 4.79 Å². The van der Waals surface area contributed by atoms with E-state index in [4.69, 9.17) is 9.72 Å². The van der Waals surface area contributed by atoms with Gasteiger partial charge in [0.05, 0.1) is 23.4 Å². The number of carbonyl (C=O) groups excluding carboxylic acids is 1. The van der Waals surface area contributed by atoms with Crippen LogP contribution in [0.4, 0.5) is 0 Å². The molecule has 1 aliphatic carbocycles. The van der Waals surface area contributed by atoms with Crippen LogP contribution in [0.5, 0.6) is 5.19 Å². The number of rotatable bonds is 8. The Labute approximate surface area is 205 Å². The number of carbonyl (C=O) groups is 1. The Bertz CT molecular complexity index is 1130. The molecular formula is C26H35N5O2S. The van der Waals surface area contributed by atoms with Crippen LogP contribution in [0, 0.1) is 5.92 Å². The zero-order valence-electron chi connectivity index (χ0n) is 20.3. The molecule has 2 aliphatic rings. The average molecular weight is 482 g/mol. The van der Waals surface area contributed by atoms with Crippen molar-refractivity contribution in [2.24, 2.45) is 13.0 Å². The lowest BCUT2D eigenvalue weighted by Gasteiger charge is -2.32. The third-order valence-corrected chi connectivity index (χ3v) is 8.23. The second kappa shape index (κ2) is 10.4. The van der Waals surface area contributed by atoms with E-state index in [1.807, 2.05) is 31.4 Å². The molecule has 1 saturated carbocycles. The van der Waals surface area contributed by atoms with E-state index < -0.39 is 0 Å². The summed E-state index contributed by atoms with van der Waals surface area (Å²) in [4.78, 5) is 21.6. The summed E-state index contributed by atoms with van der Waals surface area (Å²) in [5, 5.41) is 9.47. The van der Waals surface area contributed by atoms with E-state index in [0.717, 1.165) is 79.5 Å². The van der Waals surface area contributed by atoms with Crippen molar-refractivity contribution in [2.75, 3.05) is 19.7 Å². The van der Waals surface area contributed by atoms with Gasteiger partial charge in [0, 0.05) is 42.6 Å². The van der Waals surface area contributed by atoms with Crippen molar-refractivity contribution in [3.05, 3.63) is 40.5 Å². The molecule has 0 unspecified atom stereocenters. The number of fused-ring (bicyclic) bond motifs is 2. The van der Waals surface area contributed by atoms with Crippen LogP contribution in [0.3, 0.4) is 0 Å². The molecule has 1 aromatic carbocycles. The number of thiazole rings is 1.